The number of carbonyl (C=O) groups excluding carboxylic acids is 1. The zero-order valence-electron chi connectivity index (χ0n) is 14.1. The van der Waals surface area contributed by atoms with E-state index in [2.05, 4.69) is 22.7 Å². The Bertz CT molecular complexity index is 530. The van der Waals surface area contributed by atoms with E-state index in [0.717, 1.165) is 25.3 Å². The first kappa shape index (κ1) is 16.8. The monoisotopic (exact) mass is 336 g/mol. The zero-order valence-corrected chi connectivity index (χ0v) is 14.9. The number of hydrogen-bond acceptors (Lipinski definition) is 4. The third kappa shape index (κ3) is 3.91. The van der Waals surface area contributed by atoms with Gasteiger partial charge in [0.25, 0.3) is 0 Å². The second-order valence-electron chi connectivity index (χ2n) is 6.71. The van der Waals surface area contributed by atoms with E-state index in [9.17, 15) is 4.79 Å². The van der Waals surface area contributed by atoms with Crippen LogP contribution in [0.2, 0.25) is 0 Å². The highest BCUT2D eigenvalue weighted by Gasteiger charge is 2.36. The zero-order chi connectivity index (χ0) is 16.2. The Morgan fingerprint density at radius 2 is 2.26 bits per heavy atom. The number of thioether (sulfide) groups is 1. The van der Waals surface area contributed by atoms with E-state index in [-0.39, 0.29) is 17.7 Å². The molecule has 23 heavy (non-hydrogen) atoms. The minimum atomic E-state index is 0.0217. The van der Waals surface area contributed by atoms with Gasteiger partial charge in [-0.1, -0.05) is 19.8 Å². The number of hydrogen-bond donors (Lipinski definition) is 2. The summed E-state index contributed by atoms with van der Waals surface area (Å²) in [7, 11) is 1.93. The molecule has 0 radical (unpaired) electrons. The number of aromatic nitrogens is 2. The van der Waals surface area contributed by atoms with E-state index in [0.29, 0.717) is 11.3 Å². The first-order chi connectivity index (χ1) is 11.2. The molecule has 0 bridgehead atoms. The van der Waals surface area contributed by atoms with Crippen LogP contribution in [0.15, 0.2) is 12.4 Å². The Hall–Kier alpha value is -1.01. The molecule has 6 heteroatoms. The highest BCUT2D eigenvalue weighted by molar-refractivity contribution is 7.99. The molecule has 0 aromatic carbocycles. The average molecular weight is 337 g/mol. The molecule has 1 saturated carbocycles. The third-order valence-electron chi connectivity index (χ3n) is 5.11. The lowest BCUT2D eigenvalue weighted by molar-refractivity contribution is -0.125. The van der Waals surface area contributed by atoms with Crippen molar-refractivity contribution in [3.63, 3.8) is 0 Å². The first-order valence-electron chi connectivity index (χ1n) is 8.80. The van der Waals surface area contributed by atoms with Crippen LogP contribution < -0.4 is 10.6 Å². The molecule has 3 rings (SSSR count). The van der Waals surface area contributed by atoms with Crippen molar-refractivity contribution in [1.29, 1.82) is 0 Å². The van der Waals surface area contributed by atoms with Gasteiger partial charge in [-0.2, -0.15) is 16.9 Å². The van der Waals surface area contributed by atoms with Crippen LogP contribution in [0, 0.1) is 5.92 Å². The van der Waals surface area contributed by atoms with Crippen LogP contribution in [0.3, 0.4) is 0 Å². The molecular weight excluding hydrogens is 308 g/mol. The van der Waals surface area contributed by atoms with Crippen molar-refractivity contribution in [2.24, 2.45) is 13.0 Å². The van der Waals surface area contributed by atoms with Gasteiger partial charge in [0.1, 0.15) is 0 Å². The summed E-state index contributed by atoms with van der Waals surface area (Å²) >= 11 is 2.00. The van der Waals surface area contributed by atoms with E-state index >= 15 is 0 Å². The molecular formula is C17H28N4OS. The number of nitrogens with one attached hydrogen (secondary N) is 2. The molecule has 1 aliphatic heterocycles. The quantitative estimate of drug-likeness (QED) is 0.862. The van der Waals surface area contributed by atoms with Crippen LogP contribution in [-0.2, 0) is 11.8 Å². The SMILES string of the molecule is CCSC1CCCCC1NC(=O)[C@H]1CNC[C@@H]1c1cnn(C)c1. The average Bonchev–Trinajstić information content (AvgIpc) is 3.18. The molecule has 5 nitrogen and oxygen atoms in total. The van der Waals surface area contributed by atoms with Gasteiger partial charge in [-0.05, 0) is 24.2 Å². The van der Waals surface area contributed by atoms with Crippen molar-refractivity contribution in [3.8, 4) is 0 Å². The fourth-order valence-corrected chi connectivity index (χ4v) is 5.10. The minimum absolute atomic E-state index is 0.0217. The maximum Gasteiger partial charge on any atom is 0.225 e. The van der Waals surface area contributed by atoms with E-state index in [1.165, 1.54) is 24.8 Å². The largest absolute Gasteiger partial charge is 0.352 e. The molecule has 2 aliphatic rings. The van der Waals surface area contributed by atoms with Crippen LogP contribution in [0.25, 0.3) is 0 Å². The van der Waals surface area contributed by atoms with Gasteiger partial charge in [0.05, 0.1) is 12.1 Å². The molecule has 1 amide bonds. The fourth-order valence-electron chi connectivity index (χ4n) is 3.90. The second-order valence-corrected chi connectivity index (χ2v) is 8.23. The van der Waals surface area contributed by atoms with E-state index < -0.39 is 0 Å². The highest BCUT2D eigenvalue weighted by atomic mass is 32.2. The van der Waals surface area contributed by atoms with Gasteiger partial charge in [-0.25, -0.2) is 0 Å². The summed E-state index contributed by atoms with van der Waals surface area (Å²) in [5, 5.41) is 11.6. The maximum atomic E-state index is 12.9. The second kappa shape index (κ2) is 7.71. The predicted octanol–water partition coefficient (Wildman–Crippen LogP) is 1.90. The van der Waals surface area contributed by atoms with Crippen LogP contribution in [-0.4, -0.2) is 45.8 Å². The molecule has 4 atom stereocenters. The van der Waals surface area contributed by atoms with Crippen molar-refractivity contribution in [1.82, 2.24) is 20.4 Å². The summed E-state index contributed by atoms with van der Waals surface area (Å²) < 4.78 is 1.82. The molecule has 2 N–H and O–H groups in total. The lowest BCUT2D eigenvalue weighted by Gasteiger charge is -2.32. The normalized spacial score (nSPS) is 31.2. The van der Waals surface area contributed by atoms with Gasteiger partial charge < -0.3 is 10.6 Å². The van der Waals surface area contributed by atoms with Gasteiger partial charge in [-0.15, -0.1) is 0 Å². The number of aryl methyl sites for hydroxylation is 1. The Morgan fingerprint density at radius 1 is 1.43 bits per heavy atom. The Morgan fingerprint density at radius 3 is 3.00 bits per heavy atom. The maximum absolute atomic E-state index is 12.9. The molecule has 1 aromatic heterocycles. The van der Waals surface area contributed by atoms with Gasteiger partial charge in [0, 0.05) is 43.5 Å². The number of nitrogens with zero attached hydrogens (tertiary/aromatic N) is 2. The molecule has 1 aliphatic carbocycles. The molecule has 0 spiro atoms. The summed E-state index contributed by atoms with van der Waals surface area (Å²) in [5.41, 5.74) is 1.17. The molecule has 2 unspecified atom stereocenters. The Labute approximate surface area is 143 Å². The highest BCUT2D eigenvalue weighted by Crippen LogP contribution is 2.31. The van der Waals surface area contributed by atoms with E-state index in [1.54, 1.807) is 0 Å². The van der Waals surface area contributed by atoms with Gasteiger partial charge in [0.15, 0.2) is 0 Å². The summed E-state index contributed by atoms with van der Waals surface area (Å²) in [6, 6.07) is 0.344. The van der Waals surface area contributed by atoms with Crippen LogP contribution in [0.1, 0.15) is 44.1 Å². The smallest absolute Gasteiger partial charge is 0.225 e. The topological polar surface area (TPSA) is 59.0 Å². The van der Waals surface area contributed by atoms with Crippen LogP contribution >= 0.6 is 11.8 Å². The standard InChI is InChI=1S/C17H28N4OS/c1-3-23-16-7-5-4-6-15(16)20-17(22)14-10-18-9-13(14)12-8-19-21(2)11-12/h8,11,13-16,18H,3-7,9-10H2,1-2H3,(H,20,22)/t13-,14+,15?,16?/m1/s1. The first-order valence-corrected chi connectivity index (χ1v) is 9.85. The summed E-state index contributed by atoms with van der Waals surface area (Å²) in [5.74, 6) is 1.61. The van der Waals surface area contributed by atoms with E-state index in [1.807, 2.05) is 35.9 Å². The molecule has 1 aromatic rings. The third-order valence-corrected chi connectivity index (χ3v) is 6.44. The van der Waals surface area contributed by atoms with Crippen molar-refractivity contribution in [3.05, 3.63) is 18.0 Å². The molecule has 1 saturated heterocycles. The number of rotatable bonds is 5. The number of amides is 1. The van der Waals surface area contributed by atoms with Crippen molar-refractivity contribution in [2.45, 2.75) is 49.8 Å². The minimum Gasteiger partial charge on any atom is -0.352 e. The summed E-state index contributed by atoms with van der Waals surface area (Å²) in [4.78, 5) is 12.9. The Kier molecular flexibility index (Phi) is 5.64. The summed E-state index contributed by atoms with van der Waals surface area (Å²) in [6.07, 6.45) is 8.83. The molecule has 2 fully saturated rings. The fraction of sp³-hybridized carbons (Fsp3) is 0.765. The lowest BCUT2D eigenvalue weighted by atomic mass is 9.89. The van der Waals surface area contributed by atoms with E-state index in [4.69, 9.17) is 0 Å². The van der Waals surface area contributed by atoms with Gasteiger partial charge in [0.2, 0.25) is 5.91 Å². The van der Waals surface area contributed by atoms with Crippen molar-refractivity contribution in [2.75, 3.05) is 18.8 Å². The van der Waals surface area contributed by atoms with Crippen LogP contribution in [0.5, 0.6) is 0 Å². The van der Waals surface area contributed by atoms with Crippen molar-refractivity contribution < 1.29 is 4.79 Å². The van der Waals surface area contributed by atoms with Gasteiger partial charge >= 0.3 is 0 Å². The van der Waals surface area contributed by atoms with Crippen molar-refractivity contribution >= 4 is 17.7 Å². The lowest BCUT2D eigenvalue weighted by Crippen LogP contribution is -2.47. The molecule has 128 valence electrons. The summed E-state index contributed by atoms with van der Waals surface area (Å²) in [6.45, 7) is 3.84. The number of carbonyl (C=O) groups is 1. The van der Waals surface area contributed by atoms with Gasteiger partial charge in [-0.3, -0.25) is 9.48 Å². The molecule has 2 heterocycles. The predicted molar refractivity (Wildman–Crippen MR) is 94.6 cm³/mol. The van der Waals surface area contributed by atoms with Crippen LogP contribution in [0.4, 0.5) is 0 Å². The Balaban J connectivity index is 1.64.